The highest BCUT2D eigenvalue weighted by Gasteiger charge is 2.32. The summed E-state index contributed by atoms with van der Waals surface area (Å²) in [6, 6.07) is 0. The van der Waals surface area contributed by atoms with Gasteiger partial charge in [-0.05, 0) is 19.3 Å². The van der Waals surface area contributed by atoms with Crippen molar-refractivity contribution < 1.29 is 14.7 Å². The Kier molecular flexibility index (Phi) is 5.41. The van der Waals surface area contributed by atoms with Crippen molar-refractivity contribution in [2.24, 2.45) is 16.8 Å². The van der Waals surface area contributed by atoms with Crippen molar-refractivity contribution in [2.45, 2.75) is 31.4 Å². The molecule has 1 rings (SSSR count). The van der Waals surface area contributed by atoms with Crippen LogP contribution in [0.5, 0.6) is 0 Å². The third kappa shape index (κ3) is 4.34. The van der Waals surface area contributed by atoms with Crippen LogP contribution in [-0.2, 0) is 9.59 Å². The molecule has 0 saturated heterocycles. The lowest BCUT2D eigenvalue weighted by molar-refractivity contribution is -0.144. The number of carboxylic acids is 1. The minimum Gasteiger partial charge on any atom is -0.481 e. The van der Waals surface area contributed by atoms with Crippen molar-refractivity contribution in [3.05, 3.63) is 12.2 Å². The van der Waals surface area contributed by atoms with Gasteiger partial charge in [0.25, 0.3) is 0 Å². The summed E-state index contributed by atoms with van der Waals surface area (Å²) in [7, 11) is 0. The normalized spacial score (nSPS) is 26.0. The lowest BCUT2D eigenvalue weighted by atomic mass is 9.83. The molecule has 1 aliphatic rings. The van der Waals surface area contributed by atoms with Crippen LogP contribution in [-0.4, -0.2) is 28.4 Å². The highest BCUT2D eigenvalue weighted by molar-refractivity contribution is 7.80. The second kappa shape index (κ2) is 6.59. The first-order valence-corrected chi connectivity index (χ1v) is 6.18. The number of hydrogen-bond acceptors (Lipinski definition) is 3. The first kappa shape index (κ1) is 14.0. The molecule has 1 amide bonds. The number of hydrogen-bond donors (Lipinski definition) is 2. The average molecular weight is 255 g/mol. The van der Waals surface area contributed by atoms with Crippen molar-refractivity contribution in [1.82, 2.24) is 0 Å². The van der Waals surface area contributed by atoms with Gasteiger partial charge in [0.2, 0.25) is 5.91 Å². The van der Waals surface area contributed by atoms with E-state index in [4.69, 9.17) is 5.11 Å². The van der Waals surface area contributed by atoms with Gasteiger partial charge < -0.3 is 5.11 Å². The standard InChI is InChI=1S/C12H17NO3S/c1-8(17)6-7-13-11(14)9-4-2-3-5-10(9)12(15)16/h3,5,7-10,17H,2,4,6H2,1H3,(H,15,16). The number of carbonyl (C=O) groups is 2. The molecular formula is C12H17NO3S. The van der Waals surface area contributed by atoms with E-state index in [1.54, 1.807) is 6.08 Å². The Bertz CT molecular complexity index is 350. The predicted molar refractivity (Wildman–Crippen MR) is 69.6 cm³/mol. The maximum Gasteiger partial charge on any atom is 0.311 e. The van der Waals surface area contributed by atoms with Gasteiger partial charge in [0.15, 0.2) is 0 Å². The Hall–Kier alpha value is -1.10. The van der Waals surface area contributed by atoms with Crippen molar-refractivity contribution in [1.29, 1.82) is 0 Å². The number of amides is 1. The summed E-state index contributed by atoms with van der Waals surface area (Å²) < 4.78 is 0. The van der Waals surface area contributed by atoms with Crippen molar-refractivity contribution >= 4 is 30.7 Å². The molecule has 0 aromatic carbocycles. The Morgan fingerprint density at radius 3 is 2.94 bits per heavy atom. The summed E-state index contributed by atoms with van der Waals surface area (Å²) in [6.07, 6.45) is 6.82. The molecule has 0 fully saturated rings. The number of carboxylic acid groups (broad SMARTS) is 1. The molecule has 0 spiro atoms. The van der Waals surface area contributed by atoms with Crippen LogP contribution >= 0.6 is 12.6 Å². The monoisotopic (exact) mass is 255 g/mol. The van der Waals surface area contributed by atoms with E-state index in [1.165, 1.54) is 6.21 Å². The highest BCUT2D eigenvalue weighted by atomic mass is 32.1. The second-order valence-electron chi connectivity index (χ2n) is 4.21. The van der Waals surface area contributed by atoms with Crippen molar-refractivity contribution in [2.75, 3.05) is 0 Å². The summed E-state index contributed by atoms with van der Waals surface area (Å²) in [5.74, 6) is -2.56. The van der Waals surface area contributed by atoms with E-state index in [2.05, 4.69) is 17.6 Å². The smallest absolute Gasteiger partial charge is 0.311 e. The molecule has 0 aromatic heterocycles. The van der Waals surface area contributed by atoms with E-state index in [9.17, 15) is 9.59 Å². The second-order valence-corrected chi connectivity index (χ2v) is 5.09. The zero-order valence-electron chi connectivity index (χ0n) is 9.74. The molecule has 0 aromatic rings. The molecule has 1 N–H and O–H groups in total. The van der Waals surface area contributed by atoms with Crippen molar-refractivity contribution in [3.8, 4) is 0 Å². The molecular weight excluding hydrogens is 238 g/mol. The molecule has 0 heterocycles. The van der Waals surface area contributed by atoms with Gasteiger partial charge in [0, 0.05) is 11.5 Å². The van der Waals surface area contributed by atoms with Gasteiger partial charge in [-0.1, -0.05) is 19.1 Å². The summed E-state index contributed by atoms with van der Waals surface area (Å²) >= 11 is 4.17. The van der Waals surface area contributed by atoms with Gasteiger partial charge in [-0.3, -0.25) is 9.59 Å². The molecule has 4 nitrogen and oxygen atoms in total. The fourth-order valence-corrected chi connectivity index (χ4v) is 1.85. The minimum absolute atomic E-state index is 0.146. The average Bonchev–Trinajstić information content (AvgIpc) is 2.28. The number of carbonyl (C=O) groups excluding carboxylic acids is 1. The van der Waals surface area contributed by atoms with Gasteiger partial charge in [-0.15, -0.1) is 0 Å². The summed E-state index contributed by atoms with van der Waals surface area (Å²) in [6.45, 7) is 1.91. The first-order chi connectivity index (χ1) is 8.02. The van der Waals surface area contributed by atoms with Crippen LogP contribution in [0.2, 0.25) is 0 Å². The van der Waals surface area contributed by atoms with Gasteiger partial charge >= 0.3 is 5.97 Å². The molecule has 0 radical (unpaired) electrons. The van der Waals surface area contributed by atoms with Crippen LogP contribution in [0.15, 0.2) is 17.1 Å². The maximum absolute atomic E-state index is 11.8. The van der Waals surface area contributed by atoms with E-state index < -0.39 is 17.8 Å². The first-order valence-electron chi connectivity index (χ1n) is 5.66. The van der Waals surface area contributed by atoms with E-state index in [-0.39, 0.29) is 11.2 Å². The fourth-order valence-electron chi connectivity index (χ4n) is 1.75. The van der Waals surface area contributed by atoms with Crippen LogP contribution < -0.4 is 0 Å². The zero-order valence-corrected chi connectivity index (χ0v) is 10.6. The van der Waals surface area contributed by atoms with Gasteiger partial charge in [-0.2, -0.15) is 12.6 Å². The molecule has 94 valence electrons. The van der Waals surface area contributed by atoms with Crippen LogP contribution in [0.4, 0.5) is 0 Å². The third-order valence-electron chi connectivity index (χ3n) is 2.69. The van der Waals surface area contributed by atoms with E-state index in [0.29, 0.717) is 12.8 Å². The van der Waals surface area contributed by atoms with Crippen LogP contribution in [0.25, 0.3) is 0 Å². The van der Waals surface area contributed by atoms with Crippen LogP contribution in [0, 0.1) is 11.8 Å². The molecule has 3 unspecified atom stereocenters. The zero-order chi connectivity index (χ0) is 12.8. The quantitative estimate of drug-likeness (QED) is 0.458. The fraction of sp³-hybridized carbons (Fsp3) is 0.583. The van der Waals surface area contributed by atoms with E-state index >= 15 is 0 Å². The predicted octanol–water partition coefficient (Wildman–Crippen LogP) is 1.96. The van der Waals surface area contributed by atoms with Crippen LogP contribution in [0.3, 0.4) is 0 Å². The Morgan fingerprint density at radius 2 is 2.35 bits per heavy atom. The molecule has 5 heteroatoms. The van der Waals surface area contributed by atoms with Gasteiger partial charge in [-0.25, -0.2) is 4.99 Å². The number of nitrogens with zero attached hydrogens (tertiary/aromatic N) is 1. The summed E-state index contributed by atoms with van der Waals surface area (Å²) in [4.78, 5) is 26.6. The number of allylic oxidation sites excluding steroid dienone is 1. The number of aliphatic carboxylic acids is 1. The molecule has 1 aliphatic carbocycles. The number of rotatable bonds is 4. The van der Waals surface area contributed by atoms with E-state index in [1.807, 2.05) is 13.0 Å². The van der Waals surface area contributed by atoms with E-state index in [0.717, 1.165) is 6.42 Å². The lowest BCUT2D eigenvalue weighted by Gasteiger charge is -2.21. The minimum atomic E-state index is -0.961. The van der Waals surface area contributed by atoms with Gasteiger partial charge in [0.05, 0.1) is 11.8 Å². The number of thiol groups is 1. The molecule has 3 atom stereocenters. The summed E-state index contributed by atoms with van der Waals surface area (Å²) in [5.41, 5.74) is 0. The topological polar surface area (TPSA) is 66.7 Å². The molecule has 17 heavy (non-hydrogen) atoms. The summed E-state index contributed by atoms with van der Waals surface area (Å²) in [5, 5.41) is 9.15. The maximum atomic E-state index is 11.8. The molecule has 0 saturated carbocycles. The van der Waals surface area contributed by atoms with Gasteiger partial charge in [0.1, 0.15) is 0 Å². The number of aliphatic imine (C=N–C) groups is 1. The highest BCUT2D eigenvalue weighted by Crippen LogP contribution is 2.26. The lowest BCUT2D eigenvalue weighted by Crippen LogP contribution is -2.29. The Labute approximate surface area is 106 Å². The Balaban J connectivity index is 2.64. The van der Waals surface area contributed by atoms with Crippen LogP contribution in [0.1, 0.15) is 26.2 Å². The third-order valence-corrected chi connectivity index (χ3v) is 2.90. The largest absolute Gasteiger partial charge is 0.481 e. The molecule has 0 aliphatic heterocycles. The van der Waals surface area contributed by atoms with Crippen molar-refractivity contribution in [3.63, 3.8) is 0 Å². The Morgan fingerprint density at radius 1 is 1.65 bits per heavy atom. The SMILES string of the molecule is CC(S)CC=NC(=O)C1CCC=CC1C(=O)O. The molecule has 0 bridgehead atoms.